The summed E-state index contributed by atoms with van der Waals surface area (Å²) >= 11 is 0. The average Bonchev–Trinajstić information content (AvgIpc) is 2.74. The zero-order valence-electron chi connectivity index (χ0n) is 10.3. The molecule has 7 nitrogen and oxygen atoms in total. The molecule has 0 unspecified atom stereocenters. The van der Waals surface area contributed by atoms with Crippen LogP contribution in [0.3, 0.4) is 0 Å². The first-order chi connectivity index (χ1) is 8.69. The van der Waals surface area contributed by atoms with Gasteiger partial charge in [-0.15, -0.1) is 10.2 Å². The van der Waals surface area contributed by atoms with Crippen molar-refractivity contribution in [3.05, 3.63) is 29.6 Å². The highest BCUT2D eigenvalue weighted by Crippen LogP contribution is 2.04. The summed E-state index contributed by atoms with van der Waals surface area (Å²) in [5.74, 6) is 1.35. The average molecular weight is 243 g/mol. The Morgan fingerprint density at radius 3 is 2.94 bits per heavy atom. The van der Waals surface area contributed by atoms with Gasteiger partial charge < -0.3 is 9.88 Å². The molecule has 0 aliphatic heterocycles. The molecule has 2 rings (SSSR count). The number of rotatable bonds is 4. The molecule has 0 radical (unpaired) electrons. The normalized spacial score (nSPS) is 10.1. The van der Waals surface area contributed by atoms with Gasteiger partial charge in [-0.3, -0.25) is 0 Å². The predicted molar refractivity (Wildman–Crippen MR) is 64.7 cm³/mol. The second-order valence-electron chi connectivity index (χ2n) is 3.86. The van der Waals surface area contributed by atoms with Crippen molar-refractivity contribution in [2.24, 2.45) is 7.05 Å². The van der Waals surface area contributed by atoms with Crippen LogP contribution in [0, 0.1) is 18.3 Å². The van der Waals surface area contributed by atoms with Gasteiger partial charge in [-0.25, -0.2) is 9.97 Å². The van der Waals surface area contributed by atoms with Gasteiger partial charge in [-0.1, -0.05) is 0 Å². The molecule has 0 aromatic carbocycles. The largest absolute Gasteiger partial charge is 0.354 e. The number of nitriles is 1. The van der Waals surface area contributed by atoms with Gasteiger partial charge in [0.15, 0.2) is 0 Å². The third-order valence-electron chi connectivity index (χ3n) is 2.41. The van der Waals surface area contributed by atoms with E-state index in [1.54, 1.807) is 12.4 Å². The van der Waals surface area contributed by atoms with Crippen molar-refractivity contribution in [2.45, 2.75) is 13.3 Å². The van der Waals surface area contributed by atoms with Crippen LogP contribution in [0.2, 0.25) is 0 Å². The van der Waals surface area contributed by atoms with Crippen molar-refractivity contribution in [3.8, 4) is 6.07 Å². The molecule has 1 N–H and O–H groups in total. The second kappa shape index (κ2) is 5.23. The Morgan fingerprint density at radius 1 is 1.44 bits per heavy atom. The molecule has 0 saturated heterocycles. The second-order valence-corrected chi connectivity index (χ2v) is 3.86. The molecule has 2 heterocycles. The summed E-state index contributed by atoms with van der Waals surface area (Å²) in [5, 5.41) is 19.7. The SMILES string of the molecule is Cc1cc(C#N)nc(NCCc2nncn2C)n1. The van der Waals surface area contributed by atoms with Gasteiger partial charge in [0.25, 0.3) is 0 Å². The van der Waals surface area contributed by atoms with E-state index in [1.807, 2.05) is 24.6 Å². The summed E-state index contributed by atoms with van der Waals surface area (Å²) in [6.07, 6.45) is 2.38. The first-order valence-corrected chi connectivity index (χ1v) is 5.51. The van der Waals surface area contributed by atoms with Crippen LogP contribution in [0.25, 0.3) is 0 Å². The minimum Gasteiger partial charge on any atom is -0.354 e. The molecule has 18 heavy (non-hydrogen) atoms. The lowest BCUT2D eigenvalue weighted by molar-refractivity contribution is 0.785. The molecule has 0 aliphatic carbocycles. The van der Waals surface area contributed by atoms with Crippen molar-refractivity contribution in [3.63, 3.8) is 0 Å². The standard InChI is InChI=1S/C11H13N7/c1-8-5-9(6-12)16-11(15-8)13-4-3-10-17-14-7-18(10)2/h5,7H,3-4H2,1-2H3,(H,13,15,16). The molecule has 0 spiro atoms. The fourth-order valence-corrected chi connectivity index (χ4v) is 1.52. The Kier molecular flexibility index (Phi) is 3.48. The van der Waals surface area contributed by atoms with Crippen LogP contribution in [0.4, 0.5) is 5.95 Å². The third-order valence-corrected chi connectivity index (χ3v) is 2.41. The number of anilines is 1. The third kappa shape index (κ3) is 2.79. The van der Waals surface area contributed by atoms with Crippen LogP contribution < -0.4 is 5.32 Å². The van der Waals surface area contributed by atoms with E-state index >= 15 is 0 Å². The summed E-state index contributed by atoms with van der Waals surface area (Å²) in [4.78, 5) is 8.27. The molecule has 0 atom stereocenters. The Bertz CT molecular complexity index is 581. The zero-order chi connectivity index (χ0) is 13.0. The van der Waals surface area contributed by atoms with Gasteiger partial charge in [-0.05, 0) is 13.0 Å². The van der Waals surface area contributed by atoms with Gasteiger partial charge in [0.1, 0.15) is 23.9 Å². The van der Waals surface area contributed by atoms with Crippen LogP contribution >= 0.6 is 0 Å². The fraction of sp³-hybridized carbons (Fsp3) is 0.364. The van der Waals surface area contributed by atoms with Crippen molar-refractivity contribution >= 4 is 5.95 Å². The Labute approximate surface area is 105 Å². The lowest BCUT2D eigenvalue weighted by Gasteiger charge is -2.05. The van der Waals surface area contributed by atoms with Crippen LogP contribution in [0.15, 0.2) is 12.4 Å². The van der Waals surface area contributed by atoms with Gasteiger partial charge >= 0.3 is 0 Å². The summed E-state index contributed by atoms with van der Waals surface area (Å²) in [7, 11) is 1.90. The molecule has 2 aromatic heterocycles. The summed E-state index contributed by atoms with van der Waals surface area (Å²) in [5.41, 5.74) is 1.13. The smallest absolute Gasteiger partial charge is 0.224 e. The monoisotopic (exact) mass is 243 g/mol. The molecule has 2 aromatic rings. The minimum absolute atomic E-state index is 0.364. The maximum absolute atomic E-state index is 8.81. The van der Waals surface area contributed by atoms with Crippen LogP contribution in [-0.2, 0) is 13.5 Å². The molecular weight excluding hydrogens is 230 g/mol. The molecule has 7 heteroatoms. The number of nitrogens with zero attached hydrogens (tertiary/aromatic N) is 6. The van der Waals surface area contributed by atoms with Crippen molar-refractivity contribution in [1.82, 2.24) is 24.7 Å². The molecule has 0 amide bonds. The number of aromatic nitrogens is 5. The van der Waals surface area contributed by atoms with E-state index in [4.69, 9.17) is 5.26 Å². The molecule has 0 bridgehead atoms. The number of hydrogen-bond donors (Lipinski definition) is 1. The minimum atomic E-state index is 0.364. The lowest BCUT2D eigenvalue weighted by atomic mass is 10.3. The van der Waals surface area contributed by atoms with E-state index in [-0.39, 0.29) is 0 Å². The number of hydrogen-bond acceptors (Lipinski definition) is 6. The van der Waals surface area contributed by atoms with Crippen molar-refractivity contribution in [1.29, 1.82) is 5.26 Å². The summed E-state index contributed by atoms with van der Waals surface area (Å²) in [6, 6.07) is 3.65. The topological polar surface area (TPSA) is 92.3 Å². The fourth-order valence-electron chi connectivity index (χ4n) is 1.52. The van der Waals surface area contributed by atoms with Crippen LogP contribution in [0.1, 0.15) is 17.2 Å². The highest BCUT2D eigenvalue weighted by atomic mass is 15.2. The van der Waals surface area contributed by atoms with Crippen LogP contribution in [0.5, 0.6) is 0 Å². The quantitative estimate of drug-likeness (QED) is 0.837. The van der Waals surface area contributed by atoms with E-state index in [1.165, 1.54) is 0 Å². The lowest BCUT2D eigenvalue weighted by Crippen LogP contribution is -2.11. The predicted octanol–water partition coefficient (Wildman–Crippen LogP) is 0.440. The van der Waals surface area contributed by atoms with Gasteiger partial charge in [0.2, 0.25) is 5.95 Å². The molecule has 92 valence electrons. The first-order valence-electron chi connectivity index (χ1n) is 5.51. The Morgan fingerprint density at radius 2 is 2.28 bits per heavy atom. The van der Waals surface area contributed by atoms with Gasteiger partial charge in [-0.2, -0.15) is 5.26 Å². The first kappa shape index (κ1) is 12.0. The molecule has 0 aliphatic rings. The van der Waals surface area contributed by atoms with E-state index in [2.05, 4.69) is 25.5 Å². The summed E-state index contributed by atoms with van der Waals surface area (Å²) < 4.78 is 1.86. The van der Waals surface area contributed by atoms with Crippen molar-refractivity contribution < 1.29 is 0 Å². The molecular formula is C11H13N7. The van der Waals surface area contributed by atoms with E-state index in [9.17, 15) is 0 Å². The maximum Gasteiger partial charge on any atom is 0.224 e. The van der Waals surface area contributed by atoms with Gasteiger partial charge in [0, 0.05) is 25.7 Å². The highest BCUT2D eigenvalue weighted by Gasteiger charge is 2.03. The van der Waals surface area contributed by atoms with Crippen LogP contribution in [-0.4, -0.2) is 31.3 Å². The van der Waals surface area contributed by atoms with E-state index < -0.39 is 0 Å². The maximum atomic E-state index is 8.81. The van der Waals surface area contributed by atoms with Crippen molar-refractivity contribution in [2.75, 3.05) is 11.9 Å². The van der Waals surface area contributed by atoms with E-state index in [0.29, 0.717) is 18.2 Å². The van der Waals surface area contributed by atoms with Gasteiger partial charge in [0.05, 0.1) is 0 Å². The number of aryl methyl sites for hydroxylation is 2. The zero-order valence-corrected chi connectivity index (χ0v) is 10.3. The highest BCUT2D eigenvalue weighted by molar-refractivity contribution is 5.32. The summed E-state index contributed by atoms with van der Waals surface area (Å²) in [6.45, 7) is 2.47. The molecule has 0 fully saturated rings. The molecule has 0 saturated carbocycles. The van der Waals surface area contributed by atoms with E-state index in [0.717, 1.165) is 17.9 Å². The Balaban J connectivity index is 1.97. The Hall–Kier alpha value is -2.49. The number of nitrogens with one attached hydrogen (secondary N) is 1.